The number of hydrogen-bond acceptors (Lipinski definition) is 6. The summed E-state index contributed by atoms with van der Waals surface area (Å²) in [6.45, 7) is 8.05. The smallest absolute Gasteiger partial charge is 0.255 e. The molecule has 0 bridgehead atoms. The molecule has 1 aromatic carbocycles. The number of nitrogens with one attached hydrogen (secondary N) is 1. The largest absolute Gasteiger partial charge is 0.355 e. The van der Waals surface area contributed by atoms with Gasteiger partial charge in [0.15, 0.2) is 0 Å². The van der Waals surface area contributed by atoms with Crippen molar-refractivity contribution in [2.75, 3.05) is 30.8 Å². The second-order valence-electron chi connectivity index (χ2n) is 8.98. The van der Waals surface area contributed by atoms with E-state index in [1.165, 1.54) is 0 Å². The van der Waals surface area contributed by atoms with Gasteiger partial charge in [0, 0.05) is 43.5 Å². The maximum absolute atomic E-state index is 13.3. The summed E-state index contributed by atoms with van der Waals surface area (Å²) in [5, 5.41) is 12.1. The van der Waals surface area contributed by atoms with Crippen molar-refractivity contribution in [2.45, 2.75) is 51.8 Å². The van der Waals surface area contributed by atoms with Crippen molar-refractivity contribution in [1.29, 1.82) is 5.26 Å². The zero-order valence-electron chi connectivity index (χ0n) is 21.6. The van der Waals surface area contributed by atoms with Crippen LogP contribution < -0.4 is 10.2 Å². The maximum Gasteiger partial charge on any atom is 0.255 e. The fourth-order valence-corrected chi connectivity index (χ4v) is 5.25. The topological polar surface area (TPSA) is 89.3 Å². The van der Waals surface area contributed by atoms with Gasteiger partial charge in [0.2, 0.25) is 5.91 Å². The zero-order valence-corrected chi connectivity index (χ0v) is 22.4. The van der Waals surface area contributed by atoms with Gasteiger partial charge in [-0.15, -0.1) is 11.8 Å². The number of carbonyl (C=O) groups is 2. The van der Waals surface area contributed by atoms with E-state index in [1.807, 2.05) is 62.3 Å². The molecule has 1 atom stereocenters. The molecule has 0 spiro atoms. The molecule has 2 amide bonds. The van der Waals surface area contributed by atoms with Gasteiger partial charge in [0.25, 0.3) is 5.91 Å². The van der Waals surface area contributed by atoms with Crippen LogP contribution in [0, 0.1) is 25.2 Å². The number of pyridine rings is 1. The summed E-state index contributed by atoms with van der Waals surface area (Å²) in [6, 6.07) is 11.5. The van der Waals surface area contributed by atoms with Crippen LogP contribution in [0.3, 0.4) is 0 Å². The van der Waals surface area contributed by atoms with Crippen LogP contribution in [0.25, 0.3) is 0 Å². The predicted octanol–water partition coefficient (Wildman–Crippen LogP) is 4.80. The molecule has 36 heavy (non-hydrogen) atoms. The van der Waals surface area contributed by atoms with Gasteiger partial charge in [-0.3, -0.25) is 9.59 Å². The second-order valence-corrected chi connectivity index (χ2v) is 10.00. The Morgan fingerprint density at radius 2 is 2.00 bits per heavy atom. The molecule has 7 nitrogen and oxygen atoms in total. The fourth-order valence-electron chi connectivity index (χ4n) is 4.43. The van der Waals surface area contributed by atoms with Gasteiger partial charge in [-0.1, -0.05) is 30.7 Å². The number of aryl methyl sites for hydroxylation is 2. The lowest BCUT2D eigenvalue weighted by Crippen LogP contribution is -2.40. The van der Waals surface area contributed by atoms with Crippen molar-refractivity contribution < 1.29 is 9.59 Å². The molecule has 2 heterocycles. The van der Waals surface area contributed by atoms with Gasteiger partial charge < -0.3 is 15.1 Å². The van der Waals surface area contributed by atoms with E-state index in [1.54, 1.807) is 24.0 Å². The van der Waals surface area contributed by atoms with Crippen LogP contribution in [0.2, 0.25) is 0 Å². The number of allylic oxidation sites excluding steroid dienone is 2. The highest BCUT2D eigenvalue weighted by atomic mass is 32.2. The second kappa shape index (κ2) is 13.1. The number of nitrogens with zero attached hydrogens (tertiary/aromatic N) is 4. The van der Waals surface area contributed by atoms with Crippen LogP contribution in [0.4, 0.5) is 5.82 Å². The Balaban J connectivity index is 1.62. The molecule has 1 N–H and O–H groups in total. The molecule has 0 saturated carbocycles. The molecule has 1 unspecified atom stereocenters. The molecular weight excluding hydrogens is 470 g/mol. The highest BCUT2D eigenvalue weighted by Crippen LogP contribution is 2.24. The van der Waals surface area contributed by atoms with Crippen molar-refractivity contribution >= 4 is 29.4 Å². The third-order valence-corrected chi connectivity index (χ3v) is 7.39. The summed E-state index contributed by atoms with van der Waals surface area (Å²) in [6.07, 6.45) is 8.04. The van der Waals surface area contributed by atoms with Crippen molar-refractivity contribution in [3.05, 3.63) is 70.6 Å². The number of carbonyl (C=O) groups excluding carboxylic acids is 2. The Morgan fingerprint density at radius 3 is 2.64 bits per heavy atom. The summed E-state index contributed by atoms with van der Waals surface area (Å²) in [7, 11) is 0. The Hall–Kier alpha value is -3.31. The van der Waals surface area contributed by atoms with E-state index in [2.05, 4.69) is 21.3 Å². The van der Waals surface area contributed by atoms with E-state index in [-0.39, 0.29) is 17.2 Å². The molecule has 1 aromatic heterocycles. The first-order valence-electron chi connectivity index (χ1n) is 12.4. The standard InChI is InChI=1S/C28H35N5O2S/c1-5-6-23(31-28(35)24-10-7-20(2)17-21(24)3)9-12-26(34)33-16-15-32(14-13-27(33)36-4)25-11-8-22(18-29)19-30-25/h6-8,10-11,17,19,27H,5,9,12-16H2,1-4H3,(H,31,35)/b23-6+. The van der Waals surface area contributed by atoms with E-state index in [9.17, 15) is 9.59 Å². The monoisotopic (exact) mass is 505 g/mol. The zero-order chi connectivity index (χ0) is 26.1. The lowest BCUT2D eigenvalue weighted by Gasteiger charge is -2.28. The van der Waals surface area contributed by atoms with E-state index in [0.717, 1.165) is 42.0 Å². The molecule has 190 valence electrons. The molecule has 0 aliphatic carbocycles. The van der Waals surface area contributed by atoms with Gasteiger partial charge in [-0.2, -0.15) is 5.26 Å². The summed E-state index contributed by atoms with van der Waals surface area (Å²) < 4.78 is 0. The molecular formula is C28H35N5O2S. The first-order valence-corrected chi connectivity index (χ1v) is 13.7. The van der Waals surface area contributed by atoms with Gasteiger partial charge in [0.05, 0.1) is 10.9 Å². The van der Waals surface area contributed by atoms with E-state index in [4.69, 9.17) is 5.26 Å². The van der Waals surface area contributed by atoms with E-state index in [0.29, 0.717) is 37.1 Å². The average molecular weight is 506 g/mol. The van der Waals surface area contributed by atoms with Gasteiger partial charge in [-0.25, -0.2) is 4.98 Å². The SMILES string of the molecule is CC/C=C(\CCC(=O)N1CCN(c2ccc(C#N)cn2)CCC1SC)NC(=O)c1ccc(C)cc1C. The lowest BCUT2D eigenvalue weighted by molar-refractivity contribution is -0.131. The molecule has 3 rings (SSSR count). The Labute approximate surface area is 218 Å². The fraction of sp³-hybridized carbons (Fsp3) is 0.429. The molecule has 2 aromatic rings. The number of amides is 2. The number of hydrogen-bond donors (Lipinski definition) is 1. The number of aromatic nitrogens is 1. The number of anilines is 1. The minimum absolute atomic E-state index is 0.0873. The van der Waals surface area contributed by atoms with Crippen LogP contribution in [-0.2, 0) is 4.79 Å². The average Bonchev–Trinajstić information content (AvgIpc) is 3.10. The third-order valence-electron chi connectivity index (χ3n) is 6.36. The molecule has 0 radical (unpaired) electrons. The number of nitriles is 1. The third kappa shape index (κ3) is 7.11. The molecule has 1 saturated heterocycles. The van der Waals surface area contributed by atoms with Crippen LogP contribution in [0.15, 0.2) is 48.3 Å². The summed E-state index contributed by atoms with van der Waals surface area (Å²) >= 11 is 1.68. The van der Waals surface area contributed by atoms with E-state index >= 15 is 0 Å². The normalized spacial score (nSPS) is 16.3. The Morgan fingerprint density at radius 1 is 1.19 bits per heavy atom. The minimum atomic E-state index is -0.137. The minimum Gasteiger partial charge on any atom is -0.355 e. The Kier molecular flexibility index (Phi) is 9.95. The van der Waals surface area contributed by atoms with Gasteiger partial charge in [0.1, 0.15) is 11.9 Å². The predicted molar refractivity (Wildman–Crippen MR) is 146 cm³/mol. The van der Waals surface area contributed by atoms with Crippen molar-refractivity contribution in [1.82, 2.24) is 15.2 Å². The van der Waals surface area contributed by atoms with E-state index < -0.39 is 0 Å². The first-order chi connectivity index (χ1) is 17.4. The van der Waals surface area contributed by atoms with Crippen LogP contribution >= 0.6 is 11.8 Å². The molecule has 1 aliphatic rings. The first kappa shape index (κ1) is 27.3. The molecule has 1 aliphatic heterocycles. The number of rotatable bonds is 8. The lowest BCUT2D eigenvalue weighted by atomic mass is 10.0. The van der Waals surface area contributed by atoms with Crippen LogP contribution in [0.1, 0.15) is 59.7 Å². The highest BCUT2D eigenvalue weighted by Gasteiger charge is 2.27. The maximum atomic E-state index is 13.3. The molecule has 8 heteroatoms. The van der Waals surface area contributed by atoms with Crippen molar-refractivity contribution in [2.24, 2.45) is 0 Å². The Bertz CT molecular complexity index is 1140. The van der Waals surface area contributed by atoms with Crippen molar-refractivity contribution in [3.8, 4) is 6.07 Å². The quantitative estimate of drug-likeness (QED) is 0.554. The van der Waals surface area contributed by atoms with Gasteiger partial charge in [-0.05, 0) is 63.1 Å². The number of thioether (sulfide) groups is 1. The summed E-state index contributed by atoms with van der Waals surface area (Å²) in [4.78, 5) is 34.7. The summed E-state index contributed by atoms with van der Waals surface area (Å²) in [5.74, 6) is 0.777. The highest BCUT2D eigenvalue weighted by molar-refractivity contribution is 7.99. The number of benzene rings is 1. The van der Waals surface area contributed by atoms with Crippen LogP contribution in [0.5, 0.6) is 0 Å². The van der Waals surface area contributed by atoms with Crippen molar-refractivity contribution in [3.63, 3.8) is 0 Å². The van der Waals surface area contributed by atoms with Gasteiger partial charge >= 0.3 is 0 Å². The van der Waals surface area contributed by atoms with Crippen LogP contribution in [-0.4, -0.2) is 53.0 Å². The molecule has 1 fully saturated rings. The summed E-state index contributed by atoms with van der Waals surface area (Å²) in [5.41, 5.74) is 4.03.